The highest BCUT2D eigenvalue weighted by molar-refractivity contribution is 7.92. The fourth-order valence-corrected chi connectivity index (χ4v) is 4.94. The Labute approximate surface area is 159 Å². The molecule has 3 rings (SSSR count). The number of carbonyl (C=O) groups is 1. The van der Waals surface area contributed by atoms with E-state index in [4.69, 9.17) is 11.6 Å². The number of amides is 1. The molecule has 7 heteroatoms. The molecule has 0 aromatic heterocycles. The van der Waals surface area contributed by atoms with Crippen molar-refractivity contribution < 1.29 is 13.2 Å². The van der Waals surface area contributed by atoms with Crippen LogP contribution < -0.4 is 9.62 Å². The highest BCUT2D eigenvalue weighted by Gasteiger charge is 2.26. The number of rotatable bonds is 5. The minimum Gasteiger partial charge on any atom is -0.322 e. The van der Waals surface area contributed by atoms with Gasteiger partial charge in [0, 0.05) is 22.8 Å². The number of hydrogen-bond donors (Lipinski definition) is 1. The maximum atomic E-state index is 12.5. The van der Waals surface area contributed by atoms with Gasteiger partial charge < -0.3 is 5.32 Å². The van der Waals surface area contributed by atoms with Crippen LogP contribution in [0.15, 0.2) is 42.5 Å². The first-order chi connectivity index (χ1) is 12.4. The van der Waals surface area contributed by atoms with Gasteiger partial charge in [0.1, 0.15) is 0 Å². The number of aryl methyl sites for hydroxylation is 1. The lowest BCUT2D eigenvalue weighted by Gasteiger charge is -2.30. The van der Waals surface area contributed by atoms with Crippen LogP contribution in [0.1, 0.15) is 35.7 Å². The molecule has 0 fully saturated rings. The molecular weight excluding hydrogens is 372 g/mol. The summed E-state index contributed by atoms with van der Waals surface area (Å²) in [6.45, 7) is 2.36. The zero-order valence-electron chi connectivity index (χ0n) is 14.5. The Morgan fingerprint density at radius 1 is 1.23 bits per heavy atom. The molecule has 1 N–H and O–H groups in total. The van der Waals surface area contributed by atoms with Crippen molar-refractivity contribution >= 4 is 38.9 Å². The van der Waals surface area contributed by atoms with Crippen LogP contribution in [0.3, 0.4) is 0 Å². The van der Waals surface area contributed by atoms with Gasteiger partial charge in [-0.3, -0.25) is 9.10 Å². The molecule has 1 amide bonds. The molecule has 0 unspecified atom stereocenters. The number of sulfonamides is 1. The number of carbonyl (C=O) groups excluding carboxylic acids is 1. The zero-order valence-corrected chi connectivity index (χ0v) is 16.1. The smallest absolute Gasteiger partial charge is 0.255 e. The molecule has 0 saturated heterocycles. The highest BCUT2D eigenvalue weighted by atomic mass is 35.5. The Balaban J connectivity index is 1.84. The standard InChI is InChI=1S/C19H21ClN2O3S/c1-2-11-26(24,25)22-10-4-6-14-13-17(8-9-18(14)22)21-19(23)15-5-3-7-16(20)12-15/h3,5,7-9,12-13H,2,4,6,10-11H2,1H3,(H,21,23). The summed E-state index contributed by atoms with van der Waals surface area (Å²) in [5.41, 5.74) is 2.76. The fourth-order valence-electron chi connectivity index (χ4n) is 3.13. The van der Waals surface area contributed by atoms with Crippen LogP contribution in [0.5, 0.6) is 0 Å². The van der Waals surface area contributed by atoms with E-state index in [9.17, 15) is 13.2 Å². The lowest BCUT2D eigenvalue weighted by atomic mass is 10.0. The van der Waals surface area contributed by atoms with Crippen LogP contribution in [0.4, 0.5) is 11.4 Å². The molecule has 2 aromatic rings. The third kappa shape index (κ3) is 4.02. The van der Waals surface area contributed by atoms with Gasteiger partial charge in [0.05, 0.1) is 11.4 Å². The second-order valence-corrected chi connectivity index (χ2v) is 8.75. The van der Waals surface area contributed by atoms with Crippen molar-refractivity contribution in [3.63, 3.8) is 0 Å². The minimum absolute atomic E-state index is 0.139. The van der Waals surface area contributed by atoms with E-state index in [0.29, 0.717) is 34.9 Å². The Morgan fingerprint density at radius 3 is 2.77 bits per heavy atom. The van der Waals surface area contributed by atoms with Crippen molar-refractivity contribution in [2.24, 2.45) is 0 Å². The number of fused-ring (bicyclic) bond motifs is 1. The SMILES string of the molecule is CCCS(=O)(=O)N1CCCc2cc(NC(=O)c3cccc(Cl)c3)ccc21. The third-order valence-electron chi connectivity index (χ3n) is 4.30. The van der Waals surface area contributed by atoms with Gasteiger partial charge in [0.15, 0.2) is 0 Å². The van der Waals surface area contributed by atoms with E-state index >= 15 is 0 Å². The molecule has 138 valence electrons. The predicted octanol–water partition coefficient (Wildman–Crippen LogP) is 4.08. The van der Waals surface area contributed by atoms with Crippen molar-refractivity contribution in [3.05, 3.63) is 58.6 Å². The molecule has 0 atom stereocenters. The first kappa shape index (κ1) is 18.7. The molecule has 0 bridgehead atoms. The van der Waals surface area contributed by atoms with E-state index < -0.39 is 10.0 Å². The summed E-state index contributed by atoms with van der Waals surface area (Å²) in [4.78, 5) is 12.4. The number of nitrogens with zero attached hydrogens (tertiary/aromatic N) is 1. The lowest BCUT2D eigenvalue weighted by Crippen LogP contribution is -2.37. The molecular formula is C19H21ClN2O3S. The van der Waals surface area contributed by atoms with Crippen molar-refractivity contribution in [2.45, 2.75) is 26.2 Å². The maximum absolute atomic E-state index is 12.5. The average Bonchev–Trinajstić information content (AvgIpc) is 2.61. The molecule has 26 heavy (non-hydrogen) atoms. The largest absolute Gasteiger partial charge is 0.322 e. The lowest BCUT2D eigenvalue weighted by molar-refractivity contribution is 0.102. The van der Waals surface area contributed by atoms with E-state index in [1.807, 2.05) is 13.0 Å². The summed E-state index contributed by atoms with van der Waals surface area (Å²) in [5.74, 6) is -0.113. The first-order valence-corrected chi connectivity index (χ1v) is 10.6. The normalized spacial score (nSPS) is 14.0. The third-order valence-corrected chi connectivity index (χ3v) is 6.51. The predicted molar refractivity (Wildman–Crippen MR) is 106 cm³/mol. The second kappa shape index (κ2) is 7.68. The number of hydrogen-bond acceptors (Lipinski definition) is 3. The fraction of sp³-hybridized carbons (Fsp3) is 0.316. The molecule has 2 aromatic carbocycles. The van der Waals surface area contributed by atoms with Crippen LogP contribution in [-0.2, 0) is 16.4 Å². The highest BCUT2D eigenvalue weighted by Crippen LogP contribution is 2.32. The number of nitrogens with one attached hydrogen (secondary N) is 1. The maximum Gasteiger partial charge on any atom is 0.255 e. The summed E-state index contributed by atoms with van der Waals surface area (Å²) < 4.78 is 26.4. The first-order valence-electron chi connectivity index (χ1n) is 8.61. The molecule has 1 aliphatic heterocycles. The number of anilines is 2. The average molecular weight is 393 g/mol. The van der Waals surface area contributed by atoms with Crippen LogP contribution >= 0.6 is 11.6 Å². The molecule has 0 spiro atoms. The van der Waals surface area contributed by atoms with Gasteiger partial charge in [-0.25, -0.2) is 8.42 Å². The minimum atomic E-state index is -3.30. The van der Waals surface area contributed by atoms with E-state index in [0.717, 1.165) is 18.4 Å². The zero-order chi connectivity index (χ0) is 18.7. The second-order valence-electron chi connectivity index (χ2n) is 6.30. The monoisotopic (exact) mass is 392 g/mol. The van der Waals surface area contributed by atoms with Gasteiger partial charge in [-0.2, -0.15) is 0 Å². The van der Waals surface area contributed by atoms with Gasteiger partial charge in [0.2, 0.25) is 10.0 Å². The summed E-state index contributed by atoms with van der Waals surface area (Å²) in [7, 11) is -3.30. The Kier molecular flexibility index (Phi) is 5.53. The Hall–Kier alpha value is -2.05. The van der Waals surface area contributed by atoms with E-state index in [-0.39, 0.29) is 11.7 Å². The Morgan fingerprint density at radius 2 is 2.04 bits per heavy atom. The van der Waals surface area contributed by atoms with E-state index in [1.165, 1.54) is 4.31 Å². The van der Waals surface area contributed by atoms with Gasteiger partial charge in [-0.1, -0.05) is 24.6 Å². The van der Waals surface area contributed by atoms with Crippen LogP contribution in [0.2, 0.25) is 5.02 Å². The number of halogens is 1. The summed E-state index contributed by atoms with van der Waals surface area (Å²) >= 11 is 5.93. The van der Waals surface area contributed by atoms with Crippen molar-refractivity contribution in [1.29, 1.82) is 0 Å². The van der Waals surface area contributed by atoms with Crippen molar-refractivity contribution in [2.75, 3.05) is 21.9 Å². The van der Waals surface area contributed by atoms with Gasteiger partial charge >= 0.3 is 0 Å². The molecule has 5 nitrogen and oxygen atoms in total. The summed E-state index contributed by atoms with van der Waals surface area (Å²) in [6.07, 6.45) is 2.14. The summed E-state index contributed by atoms with van der Waals surface area (Å²) in [5, 5.41) is 3.35. The van der Waals surface area contributed by atoms with Gasteiger partial charge in [-0.15, -0.1) is 0 Å². The molecule has 1 heterocycles. The molecule has 0 aliphatic carbocycles. The molecule has 0 radical (unpaired) electrons. The Bertz CT molecular complexity index is 928. The topological polar surface area (TPSA) is 66.5 Å². The quantitative estimate of drug-likeness (QED) is 0.833. The van der Waals surface area contributed by atoms with Crippen LogP contribution in [0, 0.1) is 0 Å². The number of benzene rings is 2. The van der Waals surface area contributed by atoms with Gasteiger partial charge in [-0.05, 0) is 61.2 Å². The van der Waals surface area contributed by atoms with Crippen molar-refractivity contribution in [1.82, 2.24) is 0 Å². The van der Waals surface area contributed by atoms with Crippen molar-refractivity contribution in [3.8, 4) is 0 Å². The molecule has 1 aliphatic rings. The van der Waals surface area contributed by atoms with Crippen LogP contribution in [-0.4, -0.2) is 26.6 Å². The van der Waals surface area contributed by atoms with E-state index in [1.54, 1.807) is 36.4 Å². The van der Waals surface area contributed by atoms with Gasteiger partial charge in [0.25, 0.3) is 5.91 Å². The molecule has 0 saturated carbocycles. The van der Waals surface area contributed by atoms with Crippen LogP contribution in [0.25, 0.3) is 0 Å². The van der Waals surface area contributed by atoms with E-state index in [2.05, 4.69) is 5.32 Å². The summed E-state index contributed by atoms with van der Waals surface area (Å²) in [6, 6.07) is 12.1.